The van der Waals surface area contributed by atoms with Crippen LogP contribution in [0.15, 0.2) is 34.9 Å². The number of hydrogen-bond acceptors (Lipinski definition) is 1. The normalized spacial score (nSPS) is 12.0. The molecule has 0 radical (unpaired) electrons. The Morgan fingerprint density at radius 3 is 2.53 bits per heavy atom. The first-order valence-corrected chi connectivity index (χ1v) is 5.01. The molecule has 15 heavy (non-hydrogen) atoms. The highest BCUT2D eigenvalue weighted by molar-refractivity contribution is 9.10. The molecule has 1 heterocycles. The summed E-state index contributed by atoms with van der Waals surface area (Å²) in [5.41, 5.74) is -0.109. The van der Waals surface area contributed by atoms with Crippen molar-refractivity contribution in [3.05, 3.63) is 34.9 Å². The quantitative estimate of drug-likeness (QED) is 0.729. The van der Waals surface area contributed by atoms with Gasteiger partial charge in [0.2, 0.25) is 0 Å². The fraction of sp³-hybridized carbons (Fsp3) is 0. The first-order chi connectivity index (χ1) is 6.97. The van der Waals surface area contributed by atoms with Crippen LogP contribution < -0.4 is 5.46 Å². The van der Waals surface area contributed by atoms with Crippen LogP contribution >= 0.6 is 15.9 Å². The molecule has 1 aromatic heterocycles. The lowest BCUT2D eigenvalue weighted by molar-refractivity contribution is 0.501. The maximum absolute atomic E-state index is 12.4. The molecule has 0 spiro atoms. The summed E-state index contributed by atoms with van der Waals surface area (Å²) in [4.78, 5) is 3.76. The van der Waals surface area contributed by atoms with Gasteiger partial charge in [0.05, 0.1) is 5.52 Å². The van der Waals surface area contributed by atoms with Gasteiger partial charge < -0.3 is 12.9 Å². The van der Waals surface area contributed by atoms with Crippen LogP contribution in [0.2, 0.25) is 0 Å². The summed E-state index contributed by atoms with van der Waals surface area (Å²) in [6.45, 7) is -4.97. The summed E-state index contributed by atoms with van der Waals surface area (Å²) in [6, 6.07) is 6.15. The van der Waals surface area contributed by atoms with Gasteiger partial charge in [-0.15, -0.1) is 0 Å². The van der Waals surface area contributed by atoms with Gasteiger partial charge in [0.25, 0.3) is 0 Å². The summed E-state index contributed by atoms with van der Waals surface area (Å²) in [6.07, 6.45) is 0.871. The Balaban J connectivity index is 2.64. The van der Waals surface area contributed by atoms with Gasteiger partial charge >= 0.3 is 6.98 Å². The van der Waals surface area contributed by atoms with Crippen LogP contribution in [0.1, 0.15) is 0 Å². The van der Waals surface area contributed by atoms with Gasteiger partial charge in [0.1, 0.15) is 0 Å². The van der Waals surface area contributed by atoms with E-state index in [4.69, 9.17) is 0 Å². The van der Waals surface area contributed by atoms with Crippen molar-refractivity contribution in [3.63, 3.8) is 0 Å². The lowest BCUT2D eigenvalue weighted by atomic mass is 9.81. The van der Waals surface area contributed by atoms with E-state index in [1.807, 2.05) is 0 Å². The number of halogens is 4. The van der Waals surface area contributed by atoms with E-state index in [1.54, 1.807) is 18.2 Å². The van der Waals surface area contributed by atoms with Gasteiger partial charge in [0.15, 0.2) is 0 Å². The van der Waals surface area contributed by atoms with Crippen LogP contribution in [0.4, 0.5) is 12.9 Å². The summed E-state index contributed by atoms with van der Waals surface area (Å²) in [5.74, 6) is 0. The van der Waals surface area contributed by atoms with Crippen LogP contribution in [-0.4, -0.2) is 12.0 Å². The molecule has 0 amide bonds. The van der Waals surface area contributed by atoms with Crippen molar-refractivity contribution >= 4 is 39.3 Å². The molecule has 0 aliphatic heterocycles. The Bertz CT molecular complexity index is 512. The molecule has 1 nitrogen and oxygen atoms in total. The topological polar surface area (TPSA) is 12.9 Å². The molecule has 0 N–H and O–H groups in total. The van der Waals surface area contributed by atoms with Gasteiger partial charge in [-0.25, -0.2) is 0 Å². The highest BCUT2D eigenvalue weighted by atomic mass is 79.9. The second-order valence-electron chi connectivity index (χ2n) is 3.18. The molecule has 2 aromatic rings. The third-order valence-electron chi connectivity index (χ3n) is 2.04. The first-order valence-electron chi connectivity index (χ1n) is 4.22. The number of aromatic nitrogens is 1. The average molecular weight is 275 g/mol. The Morgan fingerprint density at radius 2 is 1.87 bits per heavy atom. The maximum Gasteiger partial charge on any atom is 0.511 e. The second kappa shape index (κ2) is 3.52. The zero-order chi connectivity index (χ0) is 11.1. The monoisotopic (exact) mass is 274 g/mol. The van der Waals surface area contributed by atoms with Gasteiger partial charge in [-0.3, -0.25) is 4.98 Å². The van der Waals surface area contributed by atoms with E-state index in [1.165, 1.54) is 0 Å². The van der Waals surface area contributed by atoms with Crippen molar-refractivity contribution in [2.45, 2.75) is 0 Å². The van der Waals surface area contributed by atoms with Crippen molar-refractivity contribution < 1.29 is 12.9 Å². The third kappa shape index (κ3) is 2.14. The molecule has 6 heteroatoms. The molecular weight excluding hydrogens is 270 g/mol. The van der Waals surface area contributed by atoms with Crippen molar-refractivity contribution in [2.75, 3.05) is 0 Å². The van der Waals surface area contributed by atoms with Crippen molar-refractivity contribution in [2.24, 2.45) is 0 Å². The van der Waals surface area contributed by atoms with E-state index in [9.17, 15) is 12.9 Å². The van der Waals surface area contributed by atoms with Crippen LogP contribution in [0.25, 0.3) is 10.9 Å². The fourth-order valence-electron chi connectivity index (χ4n) is 1.30. The molecule has 1 aromatic carbocycles. The van der Waals surface area contributed by atoms with E-state index in [2.05, 4.69) is 20.9 Å². The lowest BCUT2D eigenvalue weighted by Gasteiger charge is -2.14. The highest BCUT2D eigenvalue weighted by Gasteiger charge is 2.25. The number of benzene rings is 1. The predicted octanol–water partition coefficient (Wildman–Crippen LogP) is 3.05. The highest BCUT2D eigenvalue weighted by Crippen LogP contribution is 2.18. The largest absolute Gasteiger partial charge is 0.511 e. The molecule has 0 atom stereocenters. The molecule has 2 rings (SSSR count). The molecule has 0 fully saturated rings. The van der Waals surface area contributed by atoms with E-state index >= 15 is 0 Å². The van der Waals surface area contributed by atoms with Crippen molar-refractivity contribution in [3.8, 4) is 0 Å². The molecule has 0 saturated carbocycles. The van der Waals surface area contributed by atoms with Crippen molar-refractivity contribution in [1.29, 1.82) is 0 Å². The summed E-state index contributed by atoms with van der Waals surface area (Å²) < 4.78 is 38.0. The summed E-state index contributed by atoms with van der Waals surface area (Å²) in [7, 11) is 0. The molecule has 0 saturated heterocycles. The molecular formula is C9H5BBrF3N-. The Hall–Kier alpha value is -1.04. The Kier molecular flexibility index (Phi) is 2.46. The summed E-state index contributed by atoms with van der Waals surface area (Å²) >= 11 is 3.20. The average Bonchev–Trinajstić information content (AvgIpc) is 2.15. The minimum Gasteiger partial charge on any atom is -0.445 e. The van der Waals surface area contributed by atoms with Crippen LogP contribution in [-0.2, 0) is 0 Å². The fourth-order valence-corrected chi connectivity index (χ4v) is 1.68. The number of rotatable bonds is 1. The lowest BCUT2D eigenvalue weighted by Crippen LogP contribution is -2.34. The van der Waals surface area contributed by atoms with Gasteiger partial charge in [-0.1, -0.05) is 27.5 Å². The molecule has 78 valence electrons. The van der Waals surface area contributed by atoms with Gasteiger partial charge in [-0.2, -0.15) is 0 Å². The summed E-state index contributed by atoms with van der Waals surface area (Å²) in [5, 5.41) is 0.487. The van der Waals surface area contributed by atoms with Crippen molar-refractivity contribution in [1.82, 2.24) is 4.98 Å². The van der Waals surface area contributed by atoms with E-state index in [-0.39, 0.29) is 0 Å². The Labute approximate surface area is 92.5 Å². The van der Waals surface area contributed by atoms with E-state index < -0.39 is 12.4 Å². The Morgan fingerprint density at radius 1 is 1.13 bits per heavy atom. The van der Waals surface area contributed by atoms with Crippen LogP contribution in [0, 0.1) is 0 Å². The minimum atomic E-state index is -4.97. The number of hydrogen-bond donors (Lipinski definition) is 0. The first kappa shape index (κ1) is 10.5. The van der Waals surface area contributed by atoms with Crippen LogP contribution in [0.5, 0.6) is 0 Å². The zero-order valence-electron chi connectivity index (χ0n) is 7.42. The molecule has 0 unspecified atom stereocenters. The molecule has 0 aliphatic carbocycles. The van der Waals surface area contributed by atoms with Gasteiger partial charge in [-0.05, 0) is 23.6 Å². The minimum absolute atomic E-state index is 0.487. The second-order valence-corrected chi connectivity index (χ2v) is 4.10. The SMILES string of the molecule is F[B-](F)(F)c1cnc2ccc(Br)cc2c1. The predicted molar refractivity (Wildman–Crippen MR) is 58.2 cm³/mol. The van der Waals surface area contributed by atoms with Crippen LogP contribution in [0.3, 0.4) is 0 Å². The smallest absolute Gasteiger partial charge is 0.445 e. The third-order valence-corrected chi connectivity index (χ3v) is 2.54. The van der Waals surface area contributed by atoms with E-state index in [0.29, 0.717) is 10.9 Å². The zero-order valence-corrected chi connectivity index (χ0v) is 9.01. The maximum atomic E-state index is 12.4. The molecule has 0 aliphatic rings. The standard InChI is InChI=1S/C9H5BBrF3N/c11-8-1-2-9-6(4-8)3-7(5-15-9)10(12,13)14/h1-5H/q-1. The molecule has 0 bridgehead atoms. The number of pyridine rings is 1. The van der Waals surface area contributed by atoms with E-state index in [0.717, 1.165) is 16.7 Å². The number of nitrogens with zero attached hydrogens (tertiary/aromatic N) is 1. The van der Waals surface area contributed by atoms with Gasteiger partial charge in [0, 0.05) is 10.7 Å². The number of fused-ring (bicyclic) bond motifs is 1.